The van der Waals surface area contributed by atoms with E-state index in [1.807, 2.05) is 12.1 Å². The van der Waals surface area contributed by atoms with Crippen molar-refractivity contribution in [2.45, 2.75) is 24.9 Å². The summed E-state index contributed by atoms with van der Waals surface area (Å²) in [5.74, 6) is -0.0409. The summed E-state index contributed by atoms with van der Waals surface area (Å²) >= 11 is 3.35. The molecule has 1 N–H and O–H groups in total. The molecule has 0 heterocycles. The van der Waals surface area contributed by atoms with Gasteiger partial charge in [0.1, 0.15) is 0 Å². The highest BCUT2D eigenvalue weighted by molar-refractivity contribution is 9.10. The van der Waals surface area contributed by atoms with Gasteiger partial charge in [0, 0.05) is 23.7 Å². The van der Waals surface area contributed by atoms with Crippen LogP contribution in [0.15, 0.2) is 28.7 Å². The van der Waals surface area contributed by atoms with E-state index in [9.17, 15) is 4.79 Å². The maximum Gasteiger partial charge on any atom is 0.251 e. The van der Waals surface area contributed by atoms with E-state index in [-0.39, 0.29) is 11.5 Å². The normalized spacial score (nSPS) is 17.3. The van der Waals surface area contributed by atoms with Gasteiger partial charge in [-0.2, -0.15) is 0 Å². The summed E-state index contributed by atoms with van der Waals surface area (Å²) in [5, 5.41) is 2.93. The minimum absolute atomic E-state index is 0.0409. The van der Waals surface area contributed by atoms with E-state index < -0.39 is 0 Å². The lowest BCUT2D eigenvalue weighted by molar-refractivity contribution is -0.0679. The number of methoxy groups -OCH3 is 1. The third-order valence-corrected chi connectivity index (χ3v) is 3.90. The summed E-state index contributed by atoms with van der Waals surface area (Å²) in [6.45, 7) is 0.596. The second kappa shape index (κ2) is 5.19. The number of carbonyl (C=O) groups excluding carboxylic acids is 1. The van der Waals surface area contributed by atoms with Gasteiger partial charge in [-0.25, -0.2) is 0 Å². The number of amides is 1. The predicted octanol–water partition coefficient (Wildman–Crippen LogP) is 2.75. The molecule has 3 nitrogen and oxygen atoms in total. The Morgan fingerprint density at radius 2 is 2.06 bits per heavy atom. The smallest absolute Gasteiger partial charge is 0.251 e. The summed E-state index contributed by atoms with van der Waals surface area (Å²) in [7, 11) is 1.71. The van der Waals surface area contributed by atoms with Crippen LogP contribution in [0.5, 0.6) is 0 Å². The zero-order valence-electron chi connectivity index (χ0n) is 9.83. The first-order valence-corrected chi connectivity index (χ1v) is 6.53. The molecule has 1 aromatic rings. The largest absolute Gasteiger partial charge is 0.376 e. The lowest BCUT2D eigenvalue weighted by atomic mass is 9.80. The monoisotopic (exact) mass is 297 g/mol. The topological polar surface area (TPSA) is 38.3 Å². The van der Waals surface area contributed by atoms with Crippen LogP contribution in [-0.4, -0.2) is 25.2 Å². The quantitative estimate of drug-likeness (QED) is 0.928. The van der Waals surface area contributed by atoms with Crippen molar-refractivity contribution in [2.24, 2.45) is 0 Å². The van der Waals surface area contributed by atoms with Crippen molar-refractivity contribution >= 4 is 21.8 Å². The number of halogens is 1. The molecule has 1 fully saturated rings. The van der Waals surface area contributed by atoms with E-state index in [1.54, 1.807) is 19.2 Å². The van der Waals surface area contributed by atoms with E-state index in [4.69, 9.17) is 4.74 Å². The number of hydrogen-bond acceptors (Lipinski definition) is 2. The molecule has 0 bridgehead atoms. The number of hydrogen-bond donors (Lipinski definition) is 1. The second-order valence-electron chi connectivity index (χ2n) is 4.43. The molecule has 1 aromatic carbocycles. The minimum atomic E-state index is -0.120. The van der Waals surface area contributed by atoms with Crippen LogP contribution in [0.2, 0.25) is 0 Å². The maximum atomic E-state index is 11.9. The Balaban J connectivity index is 1.91. The Hall–Kier alpha value is -0.870. The van der Waals surface area contributed by atoms with Crippen molar-refractivity contribution < 1.29 is 9.53 Å². The van der Waals surface area contributed by atoms with Gasteiger partial charge in [-0.1, -0.05) is 15.9 Å². The Labute approximate surface area is 110 Å². The fraction of sp³-hybridized carbons (Fsp3) is 0.462. The van der Waals surface area contributed by atoms with Gasteiger partial charge < -0.3 is 10.1 Å². The van der Waals surface area contributed by atoms with Crippen molar-refractivity contribution in [3.8, 4) is 0 Å². The van der Waals surface area contributed by atoms with Crippen LogP contribution in [0, 0.1) is 0 Å². The molecule has 17 heavy (non-hydrogen) atoms. The lowest BCUT2D eigenvalue weighted by Crippen LogP contribution is -2.49. The average molecular weight is 298 g/mol. The summed E-state index contributed by atoms with van der Waals surface area (Å²) in [5.41, 5.74) is 0.559. The highest BCUT2D eigenvalue weighted by Gasteiger charge is 2.37. The minimum Gasteiger partial charge on any atom is -0.376 e. The number of benzene rings is 1. The van der Waals surface area contributed by atoms with Gasteiger partial charge in [-0.05, 0) is 43.5 Å². The first-order chi connectivity index (χ1) is 8.15. The molecule has 0 aliphatic heterocycles. The predicted molar refractivity (Wildman–Crippen MR) is 70.1 cm³/mol. The molecule has 1 amide bonds. The SMILES string of the molecule is COC1(CNC(=O)c2ccc(Br)cc2)CCC1. The molecule has 2 rings (SSSR count). The van der Waals surface area contributed by atoms with Crippen LogP contribution in [0.4, 0.5) is 0 Å². The van der Waals surface area contributed by atoms with Gasteiger partial charge in [0.05, 0.1) is 5.60 Å². The highest BCUT2D eigenvalue weighted by Crippen LogP contribution is 2.34. The summed E-state index contributed by atoms with van der Waals surface area (Å²) in [4.78, 5) is 11.9. The Kier molecular flexibility index (Phi) is 3.84. The van der Waals surface area contributed by atoms with Crippen molar-refractivity contribution in [1.29, 1.82) is 0 Å². The average Bonchev–Trinajstić information content (AvgIpc) is 2.29. The molecular weight excluding hydrogens is 282 g/mol. The molecule has 0 unspecified atom stereocenters. The van der Waals surface area contributed by atoms with Gasteiger partial charge >= 0.3 is 0 Å². The number of carbonyl (C=O) groups is 1. The van der Waals surface area contributed by atoms with E-state index >= 15 is 0 Å². The summed E-state index contributed by atoms with van der Waals surface area (Å²) < 4.78 is 6.43. The van der Waals surface area contributed by atoms with Crippen LogP contribution >= 0.6 is 15.9 Å². The van der Waals surface area contributed by atoms with E-state index in [0.717, 1.165) is 17.3 Å². The summed E-state index contributed by atoms with van der Waals surface area (Å²) in [6.07, 6.45) is 3.25. The molecule has 92 valence electrons. The first kappa shape index (κ1) is 12.6. The van der Waals surface area contributed by atoms with Gasteiger partial charge in [0.15, 0.2) is 0 Å². The molecule has 1 aliphatic carbocycles. The van der Waals surface area contributed by atoms with Crippen LogP contribution < -0.4 is 5.32 Å². The van der Waals surface area contributed by atoms with Crippen molar-refractivity contribution in [1.82, 2.24) is 5.32 Å². The fourth-order valence-electron chi connectivity index (χ4n) is 1.97. The van der Waals surface area contributed by atoms with Crippen LogP contribution in [-0.2, 0) is 4.74 Å². The standard InChI is InChI=1S/C13H16BrNO2/c1-17-13(7-2-8-13)9-15-12(16)10-3-5-11(14)6-4-10/h3-6H,2,7-9H2,1H3,(H,15,16). The lowest BCUT2D eigenvalue weighted by Gasteiger charge is -2.40. The Morgan fingerprint density at radius 3 is 2.53 bits per heavy atom. The zero-order valence-corrected chi connectivity index (χ0v) is 11.4. The Morgan fingerprint density at radius 1 is 1.41 bits per heavy atom. The van der Waals surface area contributed by atoms with Crippen LogP contribution in [0.25, 0.3) is 0 Å². The van der Waals surface area contributed by atoms with E-state index in [0.29, 0.717) is 12.1 Å². The molecule has 1 aliphatic rings. The van der Waals surface area contributed by atoms with Crippen LogP contribution in [0.1, 0.15) is 29.6 Å². The molecule has 0 spiro atoms. The third-order valence-electron chi connectivity index (χ3n) is 3.38. The molecule has 0 atom stereocenters. The molecule has 1 saturated carbocycles. The number of ether oxygens (including phenoxy) is 1. The highest BCUT2D eigenvalue weighted by atomic mass is 79.9. The van der Waals surface area contributed by atoms with E-state index in [1.165, 1.54) is 6.42 Å². The fourth-order valence-corrected chi connectivity index (χ4v) is 2.23. The molecular formula is C13H16BrNO2. The molecule has 0 saturated heterocycles. The van der Waals surface area contributed by atoms with Crippen LogP contribution in [0.3, 0.4) is 0 Å². The molecule has 4 heteroatoms. The van der Waals surface area contributed by atoms with E-state index in [2.05, 4.69) is 21.2 Å². The van der Waals surface area contributed by atoms with Gasteiger partial charge in [-0.3, -0.25) is 4.79 Å². The van der Waals surface area contributed by atoms with Crippen molar-refractivity contribution in [2.75, 3.05) is 13.7 Å². The third kappa shape index (κ3) is 2.87. The number of rotatable bonds is 4. The second-order valence-corrected chi connectivity index (χ2v) is 5.35. The zero-order chi connectivity index (χ0) is 12.3. The van der Waals surface area contributed by atoms with Gasteiger partial charge in [-0.15, -0.1) is 0 Å². The van der Waals surface area contributed by atoms with Crippen molar-refractivity contribution in [3.63, 3.8) is 0 Å². The van der Waals surface area contributed by atoms with Crippen molar-refractivity contribution in [3.05, 3.63) is 34.3 Å². The first-order valence-electron chi connectivity index (χ1n) is 5.74. The maximum absolute atomic E-state index is 11.9. The number of nitrogens with one attached hydrogen (secondary N) is 1. The summed E-state index contributed by atoms with van der Waals surface area (Å²) in [6, 6.07) is 7.34. The Bertz CT molecular complexity index is 393. The van der Waals surface area contributed by atoms with Gasteiger partial charge in [0.25, 0.3) is 5.91 Å². The molecule has 0 aromatic heterocycles. The molecule has 0 radical (unpaired) electrons. The van der Waals surface area contributed by atoms with Gasteiger partial charge in [0.2, 0.25) is 0 Å².